The molecule has 2 heterocycles. The molecule has 1 aromatic carbocycles. The Morgan fingerprint density at radius 2 is 2.00 bits per heavy atom. The predicted octanol–water partition coefficient (Wildman–Crippen LogP) is 4.08. The molecule has 0 amide bonds. The molecule has 26 heavy (non-hydrogen) atoms. The fraction of sp³-hybridized carbons (Fsp3) is 0.474. The van der Waals surface area contributed by atoms with Gasteiger partial charge in [-0.25, -0.2) is 9.67 Å². The van der Waals surface area contributed by atoms with E-state index in [-0.39, 0.29) is 12.0 Å². The molecule has 6 nitrogen and oxygen atoms in total. The number of nitrogens with zero attached hydrogens (tertiary/aromatic N) is 3. The smallest absolute Gasteiger partial charge is 0.157 e. The number of hydrogen-bond donors (Lipinski definition) is 1. The van der Waals surface area contributed by atoms with Crippen LogP contribution >= 0.6 is 11.6 Å². The summed E-state index contributed by atoms with van der Waals surface area (Å²) in [5.41, 5.74) is 1.02. The lowest BCUT2D eigenvalue weighted by Crippen LogP contribution is -2.41. The quantitative estimate of drug-likeness (QED) is 0.768. The Labute approximate surface area is 158 Å². The second-order valence-corrected chi connectivity index (χ2v) is 7.28. The Hall–Kier alpha value is -1.89. The summed E-state index contributed by atoms with van der Waals surface area (Å²) < 4.78 is 13.2. The van der Waals surface area contributed by atoms with Crippen LogP contribution in [0.1, 0.15) is 32.3 Å². The minimum Gasteiger partial charge on any atom is -0.510 e. The van der Waals surface area contributed by atoms with E-state index >= 15 is 0 Å². The van der Waals surface area contributed by atoms with Gasteiger partial charge in [0.15, 0.2) is 6.29 Å². The summed E-state index contributed by atoms with van der Waals surface area (Å²) in [4.78, 5) is 4.01. The first-order chi connectivity index (χ1) is 12.5. The minimum absolute atomic E-state index is 0.202. The van der Waals surface area contributed by atoms with Gasteiger partial charge >= 0.3 is 0 Å². The van der Waals surface area contributed by atoms with Crippen molar-refractivity contribution in [2.45, 2.75) is 39.4 Å². The standard InChI is InChI=1S/C19H24ClN3O3/c1-3-4-17-25-10-19(2,11-26-17)18(24)16(23-13-21-12-22-23)9-14-5-7-15(20)8-6-14/h5-8,12-13,17,24H,3-4,9-11H2,1-2H3/b18-16+. The maximum absolute atomic E-state index is 11.1. The highest BCUT2D eigenvalue weighted by Crippen LogP contribution is 2.35. The number of ether oxygens (including phenoxy) is 2. The van der Waals surface area contributed by atoms with E-state index in [0.717, 1.165) is 18.4 Å². The maximum Gasteiger partial charge on any atom is 0.157 e. The van der Waals surface area contributed by atoms with Crippen LogP contribution in [0.2, 0.25) is 5.02 Å². The summed E-state index contributed by atoms with van der Waals surface area (Å²) in [7, 11) is 0. The minimum atomic E-state index is -0.641. The highest BCUT2D eigenvalue weighted by atomic mass is 35.5. The van der Waals surface area contributed by atoms with Crippen LogP contribution in [0.3, 0.4) is 0 Å². The number of hydrogen-bond acceptors (Lipinski definition) is 5. The third-order valence-corrected chi connectivity index (χ3v) is 4.78. The number of aromatic nitrogens is 3. The van der Waals surface area contributed by atoms with Crippen LogP contribution in [0.25, 0.3) is 5.70 Å². The van der Waals surface area contributed by atoms with Gasteiger partial charge in [-0.05, 0) is 31.0 Å². The van der Waals surface area contributed by atoms with Gasteiger partial charge in [0, 0.05) is 11.4 Å². The van der Waals surface area contributed by atoms with E-state index in [2.05, 4.69) is 17.0 Å². The highest BCUT2D eigenvalue weighted by molar-refractivity contribution is 6.30. The maximum atomic E-state index is 11.1. The molecule has 0 bridgehead atoms. The van der Waals surface area contributed by atoms with E-state index < -0.39 is 5.41 Å². The van der Waals surface area contributed by atoms with E-state index in [1.54, 1.807) is 11.0 Å². The molecule has 0 spiro atoms. The molecule has 7 heteroatoms. The predicted molar refractivity (Wildman–Crippen MR) is 99.7 cm³/mol. The van der Waals surface area contributed by atoms with Crippen LogP contribution in [0.4, 0.5) is 0 Å². The first kappa shape index (κ1) is 18.9. The van der Waals surface area contributed by atoms with E-state index in [9.17, 15) is 5.11 Å². The lowest BCUT2D eigenvalue weighted by molar-refractivity contribution is -0.224. The van der Waals surface area contributed by atoms with Crippen molar-refractivity contribution >= 4 is 17.3 Å². The summed E-state index contributed by atoms with van der Waals surface area (Å²) >= 11 is 5.97. The van der Waals surface area contributed by atoms with Gasteiger partial charge in [0.05, 0.1) is 24.3 Å². The van der Waals surface area contributed by atoms with Crippen molar-refractivity contribution in [2.75, 3.05) is 13.2 Å². The van der Waals surface area contributed by atoms with Crippen molar-refractivity contribution in [3.63, 3.8) is 0 Å². The van der Waals surface area contributed by atoms with Crippen LogP contribution < -0.4 is 0 Å². The fourth-order valence-electron chi connectivity index (χ4n) is 2.95. The van der Waals surface area contributed by atoms with Crippen LogP contribution in [0.15, 0.2) is 42.7 Å². The summed E-state index contributed by atoms with van der Waals surface area (Å²) in [6.45, 7) is 4.81. The lowest BCUT2D eigenvalue weighted by Gasteiger charge is -2.37. The van der Waals surface area contributed by atoms with Gasteiger partial charge < -0.3 is 14.6 Å². The van der Waals surface area contributed by atoms with Gasteiger partial charge in [-0.1, -0.05) is 37.1 Å². The van der Waals surface area contributed by atoms with Gasteiger partial charge in [-0.3, -0.25) is 0 Å². The second-order valence-electron chi connectivity index (χ2n) is 6.84. The second kappa shape index (κ2) is 8.20. The number of benzene rings is 1. The number of rotatable bonds is 6. The van der Waals surface area contributed by atoms with Crippen LogP contribution in [-0.2, 0) is 15.9 Å². The molecule has 0 saturated carbocycles. The summed E-state index contributed by atoms with van der Waals surface area (Å²) in [6.07, 6.45) is 5.15. The van der Waals surface area contributed by atoms with Crippen molar-refractivity contribution in [1.29, 1.82) is 0 Å². The van der Waals surface area contributed by atoms with E-state index in [1.807, 2.05) is 31.2 Å². The Bertz CT molecular complexity index is 736. The zero-order valence-corrected chi connectivity index (χ0v) is 15.8. The number of aliphatic hydroxyl groups excluding tert-OH is 1. The van der Waals surface area contributed by atoms with Crippen molar-refractivity contribution in [3.8, 4) is 0 Å². The third kappa shape index (κ3) is 4.26. The molecular weight excluding hydrogens is 354 g/mol. The van der Waals surface area contributed by atoms with Crippen LogP contribution in [0.5, 0.6) is 0 Å². The normalized spacial score (nSPS) is 24.3. The summed E-state index contributed by atoms with van der Waals surface area (Å²) in [6, 6.07) is 7.52. The molecule has 0 unspecified atom stereocenters. The van der Waals surface area contributed by atoms with Crippen molar-refractivity contribution in [1.82, 2.24) is 14.8 Å². The lowest BCUT2D eigenvalue weighted by atomic mass is 9.87. The first-order valence-corrected chi connectivity index (χ1v) is 9.15. The summed E-state index contributed by atoms with van der Waals surface area (Å²) in [5.74, 6) is 0.202. The number of aliphatic hydroxyl groups is 1. The van der Waals surface area contributed by atoms with E-state index in [0.29, 0.717) is 30.4 Å². The van der Waals surface area contributed by atoms with Crippen molar-refractivity contribution in [3.05, 3.63) is 53.3 Å². The molecule has 1 aliphatic rings. The van der Waals surface area contributed by atoms with Gasteiger partial charge in [-0.15, -0.1) is 0 Å². The van der Waals surface area contributed by atoms with Gasteiger partial charge in [0.2, 0.25) is 0 Å². The Balaban J connectivity index is 1.88. The summed E-state index contributed by atoms with van der Waals surface area (Å²) in [5, 5.41) is 16.0. The number of halogens is 1. The molecule has 1 fully saturated rings. The third-order valence-electron chi connectivity index (χ3n) is 4.53. The SMILES string of the molecule is CCCC1OCC(C)(/C(O)=C(/Cc2ccc(Cl)cc2)n2cncn2)CO1. The molecule has 1 aliphatic heterocycles. The average molecular weight is 378 g/mol. The van der Waals surface area contributed by atoms with Crippen LogP contribution in [-0.4, -0.2) is 39.4 Å². The zero-order valence-electron chi connectivity index (χ0n) is 15.1. The van der Waals surface area contributed by atoms with Gasteiger partial charge in [0.1, 0.15) is 18.4 Å². The highest BCUT2D eigenvalue weighted by Gasteiger charge is 2.38. The first-order valence-electron chi connectivity index (χ1n) is 8.77. The molecule has 2 aromatic rings. The van der Waals surface area contributed by atoms with Crippen molar-refractivity contribution < 1.29 is 14.6 Å². The molecule has 1 aromatic heterocycles. The Morgan fingerprint density at radius 1 is 1.31 bits per heavy atom. The zero-order chi connectivity index (χ0) is 18.6. The Kier molecular flexibility index (Phi) is 5.96. The largest absolute Gasteiger partial charge is 0.510 e. The molecule has 1 N–H and O–H groups in total. The molecule has 0 radical (unpaired) electrons. The monoisotopic (exact) mass is 377 g/mol. The number of allylic oxidation sites excluding steroid dienone is 1. The van der Waals surface area contributed by atoms with E-state index in [4.69, 9.17) is 21.1 Å². The Morgan fingerprint density at radius 3 is 2.58 bits per heavy atom. The van der Waals surface area contributed by atoms with Gasteiger partial charge in [-0.2, -0.15) is 5.10 Å². The molecular formula is C19H24ClN3O3. The van der Waals surface area contributed by atoms with Crippen LogP contribution in [0, 0.1) is 5.41 Å². The molecule has 3 rings (SSSR count). The molecule has 140 valence electrons. The molecule has 0 atom stereocenters. The topological polar surface area (TPSA) is 69.4 Å². The van der Waals surface area contributed by atoms with Gasteiger partial charge in [0.25, 0.3) is 0 Å². The van der Waals surface area contributed by atoms with E-state index in [1.165, 1.54) is 6.33 Å². The van der Waals surface area contributed by atoms with Crippen molar-refractivity contribution in [2.24, 2.45) is 5.41 Å². The molecule has 1 saturated heterocycles. The molecule has 0 aliphatic carbocycles. The average Bonchev–Trinajstić information content (AvgIpc) is 3.17. The fourth-order valence-corrected chi connectivity index (χ4v) is 3.07.